The van der Waals surface area contributed by atoms with Crippen LogP contribution >= 0.6 is 0 Å². The molecular weight excluding hydrogens is 237 g/mol. The number of ether oxygens (including phenoxy) is 2. The summed E-state index contributed by atoms with van der Waals surface area (Å²) in [6.07, 6.45) is -4.36. The highest BCUT2D eigenvalue weighted by atomic mass is 19.4. The minimum Gasteiger partial charge on any atom is -0.468 e. The largest absolute Gasteiger partial charge is 0.468 e. The molecule has 0 radical (unpaired) electrons. The summed E-state index contributed by atoms with van der Waals surface area (Å²) < 4.78 is 44.3. The van der Waals surface area contributed by atoms with Gasteiger partial charge in [0.1, 0.15) is 12.4 Å². The van der Waals surface area contributed by atoms with E-state index in [-0.39, 0.29) is 5.78 Å². The number of hydrogen-bond acceptors (Lipinski definition) is 3. The maximum atomic E-state index is 11.7. The van der Waals surface area contributed by atoms with Crippen molar-refractivity contribution in [3.8, 4) is 5.75 Å². The number of alkyl halides is 3. The van der Waals surface area contributed by atoms with Crippen molar-refractivity contribution in [1.82, 2.24) is 0 Å². The van der Waals surface area contributed by atoms with Gasteiger partial charge < -0.3 is 9.47 Å². The SMILES string of the molecule is CC(=O)c1ccc(OCOCC(F)(F)F)cc1. The smallest absolute Gasteiger partial charge is 0.411 e. The van der Waals surface area contributed by atoms with Crippen molar-refractivity contribution in [3.05, 3.63) is 29.8 Å². The molecule has 0 atom stereocenters. The Labute approximate surface area is 96.1 Å². The van der Waals surface area contributed by atoms with Crippen LogP contribution in [0.4, 0.5) is 13.2 Å². The third-order valence-electron chi connectivity index (χ3n) is 1.84. The van der Waals surface area contributed by atoms with Crippen molar-refractivity contribution >= 4 is 5.78 Å². The van der Waals surface area contributed by atoms with E-state index in [4.69, 9.17) is 4.74 Å². The summed E-state index contributed by atoms with van der Waals surface area (Å²) in [5, 5.41) is 0. The van der Waals surface area contributed by atoms with Crippen molar-refractivity contribution in [2.24, 2.45) is 0 Å². The Morgan fingerprint density at radius 2 is 1.82 bits per heavy atom. The van der Waals surface area contributed by atoms with E-state index < -0.39 is 19.6 Å². The summed E-state index contributed by atoms with van der Waals surface area (Å²) in [5.74, 6) is 0.252. The van der Waals surface area contributed by atoms with E-state index in [0.29, 0.717) is 11.3 Å². The van der Waals surface area contributed by atoms with Gasteiger partial charge in [-0.2, -0.15) is 13.2 Å². The molecule has 1 rings (SSSR count). The van der Waals surface area contributed by atoms with Crippen molar-refractivity contribution in [3.63, 3.8) is 0 Å². The van der Waals surface area contributed by atoms with E-state index in [9.17, 15) is 18.0 Å². The van der Waals surface area contributed by atoms with Gasteiger partial charge in [-0.15, -0.1) is 0 Å². The molecule has 0 saturated heterocycles. The monoisotopic (exact) mass is 248 g/mol. The maximum absolute atomic E-state index is 11.7. The molecule has 0 aliphatic heterocycles. The van der Waals surface area contributed by atoms with Crippen LogP contribution in [0.1, 0.15) is 17.3 Å². The van der Waals surface area contributed by atoms with Crippen LogP contribution in [-0.4, -0.2) is 25.4 Å². The molecule has 0 fully saturated rings. The number of ketones is 1. The van der Waals surface area contributed by atoms with Gasteiger partial charge in [-0.1, -0.05) is 0 Å². The molecular formula is C11H11F3O3. The summed E-state index contributed by atoms with van der Waals surface area (Å²) in [4.78, 5) is 10.9. The standard InChI is InChI=1S/C11H11F3O3/c1-8(15)9-2-4-10(5-3-9)17-7-16-6-11(12,13)14/h2-5H,6-7H2,1H3. The highest BCUT2D eigenvalue weighted by Gasteiger charge is 2.27. The lowest BCUT2D eigenvalue weighted by atomic mass is 10.1. The van der Waals surface area contributed by atoms with Gasteiger partial charge in [-0.25, -0.2) is 0 Å². The van der Waals surface area contributed by atoms with Crippen molar-refractivity contribution in [1.29, 1.82) is 0 Å². The van der Waals surface area contributed by atoms with Crippen LogP contribution in [0.3, 0.4) is 0 Å². The summed E-state index contributed by atoms with van der Waals surface area (Å²) in [7, 11) is 0. The highest BCUT2D eigenvalue weighted by molar-refractivity contribution is 5.94. The lowest BCUT2D eigenvalue weighted by molar-refractivity contribution is -0.186. The first-order valence-corrected chi connectivity index (χ1v) is 4.77. The Hall–Kier alpha value is -1.56. The van der Waals surface area contributed by atoms with Crippen LogP contribution in [0.2, 0.25) is 0 Å². The number of Topliss-reactive ketones (excluding diaryl/α,β-unsaturated/α-hetero) is 1. The van der Waals surface area contributed by atoms with Crippen LogP contribution in [0.15, 0.2) is 24.3 Å². The molecule has 0 aromatic heterocycles. The fourth-order valence-electron chi connectivity index (χ4n) is 1.05. The first kappa shape index (κ1) is 13.5. The molecule has 17 heavy (non-hydrogen) atoms. The van der Waals surface area contributed by atoms with Gasteiger partial charge in [0.2, 0.25) is 0 Å². The van der Waals surface area contributed by atoms with Gasteiger partial charge in [-0.05, 0) is 31.2 Å². The fraction of sp³-hybridized carbons (Fsp3) is 0.364. The molecule has 0 spiro atoms. The molecule has 6 heteroatoms. The summed E-state index contributed by atoms with van der Waals surface area (Å²) in [6, 6.07) is 6.05. The molecule has 0 heterocycles. The number of carbonyl (C=O) groups is 1. The van der Waals surface area contributed by atoms with Crippen molar-refractivity contribution in [2.45, 2.75) is 13.1 Å². The van der Waals surface area contributed by atoms with E-state index in [1.54, 1.807) is 0 Å². The Morgan fingerprint density at radius 1 is 1.24 bits per heavy atom. The third-order valence-corrected chi connectivity index (χ3v) is 1.84. The molecule has 1 aromatic carbocycles. The number of rotatable bonds is 5. The predicted molar refractivity (Wildman–Crippen MR) is 53.9 cm³/mol. The average molecular weight is 248 g/mol. The van der Waals surface area contributed by atoms with E-state index in [0.717, 1.165) is 0 Å². The van der Waals surface area contributed by atoms with Gasteiger partial charge in [-0.3, -0.25) is 4.79 Å². The van der Waals surface area contributed by atoms with Crippen LogP contribution < -0.4 is 4.74 Å². The zero-order valence-electron chi connectivity index (χ0n) is 9.08. The van der Waals surface area contributed by atoms with Crippen molar-refractivity contribution in [2.75, 3.05) is 13.4 Å². The molecule has 94 valence electrons. The normalized spacial score (nSPS) is 11.3. The van der Waals surface area contributed by atoms with Gasteiger partial charge in [0.05, 0.1) is 0 Å². The van der Waals surface area contributed by atoms with E-state index in [2.05, 4.69) is 4.74 Å². The second-order valence-electron chi connectivity index (χ2n) is 3.31. The topological polar surface area (TPSA) is 35.5 Å². The minimum atomic E-state index is -4.36. The minimum absolute atomic E-state index is 0.0927. The van der Waals surface area contributed by atoms with E-state index in [1.807, 2.05) is 0 Å². The van der Waals surface area contributed by atoms with Gasteiger partial charge in [0.25, 0.3) is 0 Å². The summed E-state index contributed by atoms with van der Waals surface area (Å²) in [5.41, 5.74) is 0.508. The molecule has 3 nitrogen and oxygen atoms in total. The van der Waals surface area contributed by atoms with Gasteiger partial charge in [0.15, 0.2) is 12.6 Å². The highest BCUT2D eigenvalue weighted by Crippen LogP contribution is 2.15. The number of carbonyl (C=O) groups excluding carboxylic acids is 1. The van der Waals surface area contributed by atoms with Crippen molar-refractivity contribution < 1.29 is 27.4 Å². The zero-order chi connectivity index (χ0) is 12.9. The Balaban J connectivity index is 2.35. The maximum Gasteiger partial charge on any atom is 0.411 e. The van der Waals surface area contributed by atoms with Crippen LogP contribution in [0.25, 0.3) is 0 Å². The summed E-state index contributed by atoms with van der Waals surface area (Å²) >= 11 is 0. The Bertz CT molecular complexity index is 371. The average Bonchev–Trinajstić information content (AvgIpc) is 2.24. The van der Waals surface area contributed by atoms with Crippen LogP contribution in [-0.2, 0) is 4.74 Å². The molecule has 0 bridgehead atoms. The molecule has 0 unspecified atom stereocenters. The second kappa shape index (κ2) is 5.67. The number of hydrogen-bond donors (Lipinski definition) is 0. The first-order valence-electron chi connectivity index (χ1n) is 4.77. The number of halogens is 3. The van der Waals surface area contributed by atoms with Crippen LogP contribution in [0.5, 0.6) is 5.75 Å². The molecule has 0 amide bonds. The fourth-order valence-corrected chi connectivity index (χ4v) is 1.05. The lowest BCUT2D eigenvalue weighted by Gasteiger charge is -2.09. The predicted octanol–water partition coefficient (Wildman–Crippen LogP) is 2.80. The quantitative estimate of drug-likeness (QED) is 0.456. The lowest BCUT2D eigenvalue weighted by Crippen LogP contribution is -2.19. The number of benzene rings is 1. The van der Waals surface area contributed by atoms with E-state index in [1.165, 1.54) is 31.2 Å². The third kappa shape index (κ3) is 5.35. The molecule has 0 aliphatic carbocycles. The van der Waals surface area contributed by atoms with Gasteiger partial charge >= 0.3 is 6.18 Å². The molecule has 0 saturated carbocycles. The first-order chi connectivity index (χ1) is 7.88. The summed E-state index contributed by atoms with van der Waals surface area (Å²) in [6.45, 7) is -0.417. The Kier molecular flexibility index (Phi) is 4.51. The second-order valence-corrected chi connectivity index (χ2v) is 3.31. The zero-order valence-corrected chi connectivity index (χ0v) is 9.08. The molecule has 0 N–H and O–H groups in total. The Morgan fingerprint density at radius 3 is 2.29 bits per heavy atom. The van der Waals surface area contributed by atoms with Gasteiger partial charge in [0, 0.05) is 5.56 Å². The molecule has 0 aliphatic rings. The molecule has 1 aromatic rings. The van der Waals surface area contributed by atoms with Crippen LogP contribution in [0, 0.1) is 0 Å². The van der Waals surface area contributed by atoms with E-state index >= 15 is 0 Å².